The second-order valence-corrected chi connectivity index (χ2v) is 7.36. The van der Waals surface area contributed by atoms with E-state index in [1.165, 1.54) is 16.8 Å². The van der Waals surface area contributed by atoms with Crippen molar-refractivity contribution in [2.45, 2.75) is 6.92 Å². The molecule has 150 valence electrons. The monoisotopic (exact) mass is 440 g/mol. The molecule has 4 aromatic rings. The molecule has 0 fully saturated rings. The third-order valence-corrected chi connectivity index (χ3v) is 5.17. The van der Waals surface area contributed by atoms with Gasteiger partial charge >= 0.3 is 0 Å². The Morgan fingerprint density at radius 2 is 1.73 bits per heavy atom. The van der Waals surface area contributed by atoms with Crippen molar-refractivity contribution in [1.82, 2.24) is 14.8 Å². The molecule has 0 aliphatic heterocycles. The zero-order valence-corrected chi connectivity index (χ0v) is 17.2. The van der Waals surface area contributed by atoms with Crippen molar-refractivity contribution in [3.63, 3.8) is 0 Å². The lowest BCUT2D eigenvalue weighted by Gasteiger charge is -2.07. The molecule has 1 aromatic heterocycles. The third-order valence-electron chi connectivity index (χ3n) is 4.43. The minimum absolute atomic E-state index is 0.0639. The summed E-state index contributed by atoms with van der Waals surface area (Å²) in [5.41, 5.74) is 2.56. The lowest BCUT2D eigenvalue weighted by Crippen LogP contribution is -2.14. The molecule has 0 radical (unpaired) electrons. The Hall–Kier alpha value is -3.22. The summed E-state index contributed by atoms with van der Waals surface area (Å²) in [5.74, 6) is -0.589. The quantitative estimate of drug-likeness (QED) is 0.426. The summed E-state index contributed by atoms with van der Waals surface area (Å²) in [5, 5.41) is 8.03. The van der Waals surface area contributed by atoms with Crippen molar-refractivity contribution in [3.8, 4) is 17.1 Å². The lowest BCUT2D eigenvalue weighted by molar-refractivity contribution is 0.101. The molecule has 0 saturated heterocycles. The number of anilines is 1. The van der Waals surface area contributed by atoms with Gasteiger partial charge in [-0.1, -0.05) is 41.4 Å². The zero-order chi connectivity index (χ0) is 21.3. The normalized spacial score (nSPS) is 10.8. The fourth-order valence-corrected chi connectivity index (χ4v) is 3.19. The largest absolute Gasteiger partial charge is 0.318 e. The van der Waals surface area contributed by atoms with Gasteiger partial charge in [-0.15, -0.1) is 5.10 Å². The van der Waals surface area contributed by atoms with Gasteiger partial charge in [0.15, 0.2) is 5.82 Å². The van der Waals surface area contributed by atoms with Crippen LogP contribution in [0.25, 0.3) is 17.1 Å². The van der Waals surface area contributed by atoms with Crippen LogP contribution in [0, 0.1) is 12.7 Å². The minimum atomic E-state index is -0.525. The van der Waals surface area contributed by atoms with E-state index >= 15 is 0 Å². The molecule has 1 amide bonds. The first-order valence-electron chi connectivity index (χ1n) is 8.98. The van der Waals surface area contributed by atoms with Crippen molar-refractivity contribution < 1.29 is 9.18 Å². The summed E-state index contributed by atoms with van der Waals surface area (Å²) in [6, 6.07) is 18.0. The minimum Gasteiger partial charge on any atom is -0.318 e. The van der Waals surface area contributed by atoms with Crippen LogP contribution in [0.2, 0.25) is 10.0 Å². The number of aryl methyl sites for hydroxylation is 1. The maximum atomic E-state index is 13.4. The number of halogens is 3. The number of aromatic nitrogens is 3. The van der Waals surface area contributed by atoms with Crippen LogP contribution in [-0.2, 0) is 0 Å². The highest BCUT2D eigenvalue weighted by molar-refractivity contribution is 6.33. The Morgan fingerprint density at radius 3 is 2.43 bits per heavy atom. The highest BCUT2D eigenvalue weighted by Gasteiger charge is 2.20. The first kappa shape index (κ1) is 20.1. The van der Waals surface area contributed by atoms with Gasteiger partial charge < -0.3 is 5.32 Å². The summed E-state index contributed by atoms with van der Waals surface area (Å²) in [4.78, 5) is 17.2. The number of carbonyl (C=O) groups is 1. The second kappa shape index (κ2) is 8.26. The van der Waals surface area contributed by atoms with Gasteiger partial charge in [-0.05, 0) is 61.0 Å². The molecule has 1 heterocycles. The molecular weight excluding hydrogens is 426 g/mol. The number of amides is 1. The van der Waals surface area contributed by atoms with E-state index in [9.17, 15) is 9.18 Å². The van der Waals surface area contributed by atoms with Crippen molar-refractivity contribution in [3.05, 3.63) is 94.0 Å². The van der Waals surface area contributed by atoms with Gasteiger partial charge in [0.2, 0.25) is 5.82 Å². The first-order chi connectivity index (χ1) is 14.4. The summed E-state index contributed by atoms with van der Waals surface area (Å²) >= 11 is 12.4. The molecule has 1 N–H and O–H groups in total. The Kier molecular flexibility index (Phi) is 5.53. The van der Waals surface area contributed by atoms with E-state index in [0.717, 1.165) is 5.56 Å². The molecule has 4 rings (SSSR count). The Morgan fingerprint density at radius 1 is 1.00 bits per heavy atom. The fraction of sp³-hybridized carbons (Fsp3) is 0.0455. The lowest BCUT2D eigenvalue weighted by atomic mass is 10.2. The predicted octanol–water partition coefficient (Wildman–Crippen LogP) is 5.94. The Bertz CT molecular complexity index is 1240. The van der Waals surface area contributed by atoms with Crippen LogP contribution in [0.4, 0.5) is 10.1 Å². The number of nitrogens with one attached hydrogen (secondary N) is 1. The van der Waals surface area contributed by atoms with Gasteiger partial charge in [0.1, 0.15) is 5.82 Å². The molecule has 8 heteroatoms. The second-order valence-electron chi connectivity index (χ2n) is 6.55. The topological polar surface area (TPSA) is 59.8 Å². The Balaban J connectivity index is 1.79. The molecule has 3 aromatic carbocycles. The number of hydrogen-bond acceptors (Lipinski definition) is 3. The number of hydrogen-bond donors (Lipinski definition) is 1. The van der Waals surface area contributed by atoms with E-state index in [2.05, 4.69) is 15.4 Å². The molecular formula is C22H15Cl2FN4O. The van der Waals surface area contributed by atoms with E-state index in [0.29, 0.717) is 32.8 Å². The fourth-order valence-electron chi connectivity index (χ4n) is 2.83. The predicted molar refractivity (Wildman–Crippen MR) is 116 cm³/mol. The molecule has 0 aliphatic carbocycles. The van der Waals surface area contributed by atoms with E-state index in [1.807, 2.05) is 19.1 Å². The van der Waals surface area contributed by atoms with E-state index in [-0.39, 0.29) is 11.6 Å². The van der Waals surface area contributed by atoms with Crippen molar-refractivity contribution >= 4 is 34.8 Å². The average Bonchev–Trinajstić information content (AvgIpc) is 3.18. The van der Waals surface area contributed by atoms with E-state index in [1.54, 1.807) is 42.5 Å². The van der Waals surface area contributed by atoms with Gasteiger partial charge in [-0.25, -0.2) is 14.1 Å². The van der Waals surface area contributed by atoms with Crippen LogP contribution in [0.1, 0.15) is 16.2 Å². The summed E-state index contributed by atoms with van der Waals surface area (Å²) in [7, 11) is 0. The van der Waals surface area contributed by atoms with Crippen molar-refractivity contribution in [2.24, 2.45) is 0 Å². The molecule has 0 bridgehead atoms. The van der Waals surface area contributed by atoms with Crippen molar-refractivity contribution in [2.75, 3.05) is 5.32 Å². The average molecular weight is 441 g/mol. The standard InChI is InChI=1S/C22H15Cl2FN4O/c1-13-6-11-16(12-18(13)24)29-21(14-7-9-15(25)10-8-14)27-20(28-29)22(30)26-19-5-3-2-4-17(19)23/h2-12H,1H3,(H,26,30). The maximum absolute atomic E-state index is 13.4. The summed E-state index contributed by atoms with van der Waals surface area (Å²) in [6.45, 7) is 1.89. The van der Waals surface area contributed by atoms with Crippen LogP contribution >= 0.6 is 23.2 Å². The first-order valence-corrected chi connectivity index (χ1v) is 9.73. The number of benzene rings is 3. The number of carbonyl (C=O) groups excluding carboxylic acids is 1. The van der Waals surface area contributed by atoms with E-state index < -0.39 is 5.91 Å². The maximum Gasteiger partial charge on any atom is 0.295 e. The highest BCUT2D eigenvalue weighted by Crippen LogP contribution is 2.26. The van der Waals surface area contributed by atoms with Crippen LogP contribution in [-0.4, -0.2) is 20.7 Å². The van der Waals surface area contributed by atoms with Crippen molar-refractivity contribution in [1.29, 1.82) is 0 Å². The molecule has 0 spiro atoms. The van der Waals surface area contributed by atoms with Crippen LogP contribution in [0.15, 0.2) is 66.7 Å². The SMILES string of the molecule is Cc1ccc(-n2nc(C(=O)Nc3ccccc3Cl)nc2-c2ccc(F)cc2)cc1Cl. The van der Waals surface area contributed by atoms with E-state index in [4.69, 9.17) is 23.2 Å². The van der Waals surface area contributed by atoms with Crippen LogP contribution in [0.3, 0.4) is 0 Å². The number of rotatable bonds is 4. The van der Waals surface area contributed by atoms with Gasteiger partial charge in [0.25, 0.3) is 5.91 Å². The molecule has 0 saturated carbocycles. The zero-order valence-electron chi connectivity index (χ0n) is 15.7. The smallest absolute Gasteiger partial charge is 0.295 e. The summed E-state index contributed by atoms with van der Waals surface area (Å²) < 4.78 is 14.9. The molecule has 30 heavy (non-hydrogen) atoms. The summed E-state index contributed by atoms with van der Waals surface area (Å²) in [6.07, 6.45) is 0. The molecule has 0 aliphatic rings. The van der Waals surface area contributed by atoms with Crippen LogP contribution < -0.4 is 5.32 Å². The third kappa shape index (κ3) is 4.06. The van der Waals surface area contributed by atoms with Gasteiger partial charge in [-0.2, -0.15) is 0 Å². The van der Waals surface area contributed by atoms with Gasteiger partial charge in [0.05, 0.1) is 16.4 Å². The van der Waals surface area contributed by atoms with Gasteiger partial charge in [-0.3, -0.25) is 4.79 Å². The van der Waals surface area contributed by atoms with Crippen LogP contribution in [0.5, 0.6) is 0 Å². The highest BCUT2D eigenvalue weighted by atomic mass is 35.5. The number of nitrogens with zero attached hydrogens (tertiary/aromatic N) is 3. The number of para-hydroxylation sites is 1. The molecule has 0 atom stereocenters. The molecule has 0 unspecified atom stereocenters. The molecule has 5 nitrogen and oxygen atoms in total. The Labute approximate surface area is 182 Å². The van der Waals surface area contributed by atoms with Gasteiger partial charge in [0, 0.05) is 10.6 Å².